The van der Waals surface area contributed by atoms with Gasteiger partial charge in [-0.3, -0.25) is 9.36 Å². The molecule has 0 amide bonds. The Morgan fingerprint density at radius 1 is 1.53 bits per heavy atom. The van der Waals surface area contributed by atoms with Gasteiger partial charge in [-0.2, -0.15) is 0 Å². The van der Waals surface area contributed by atoms with Crippen molar-refractivity contribution in [2.24, 2.45) is 0 Å². The van der Waals surface area contributed by atoms with Gasteiger partial charge in [0.1, 0.15) is 11.8 Å². The number of carbonyl (C=O) groups is 1. The maximum absolute atomic E-state index is 11.5. The summed E-state index contributed by atoms with van der Waals surface area (Å²) >= 11 is 0. The first-order valence-corrected chi connectivity index (χ1v) is 4.62. The third kappa shape index (κ3) is 2.18. The van der Waals surface area contributed by atoms with Gasteiger partial charge in [-0.15, -0.1) is 0 Å². The molecule has 1 rings (SSSR count). The van der Waals surface area contributed by atoms with E-state index in [9.17, 15) is 9.59 Å². The predicted octanol–water partition coefficient (Wildman–Crippen LogP) is 0.898. The molecule has 1 heterocycles. The van der Waals surface area contributed by atoms with Crippen LogP contribution in [0, 0.1) is 6.92 Å². The number of aromatic nitrogens is 1. The summed E-state index contributed by atoms with van der Waals surface area (Å²) in [5.41, 5.74) is -0.0593. The van der Waals surface area contributed by atoms with Crippen molar-refractivity contribution >= 4 is 5.97 Å². The van der Waals surface area contributed by atoms with Gasteiger partial charge in [0.25, 0.3) is 5.56 Å². The molecule has 5 nitrogen and oxygen atoms in total. The van der Waals surface area contributed by atoms with Gasteiger partial charge in [0.05, 0.1) is 0 Å². The number of hydrogen-bond acceptors (Lipinski definition) is 3. The van der Waals surface area contributed by atoms with Crippen molar-refractivity contribution in [1.29, 1.82) is 0 Å². The summed E-state index contributed by atoms with van der Waals surface area (Å²) in [6, 6.07) is 1.50. The van der Waals surface area contributed by atoms with Crippen LogP contribution in [0.2, 0.25) is 0 Å². The molecule has 0 aliphatic rings. The molecule has 0 saturated heterocycles. The molecule has 0 bridgehead atoms. The minimum absolute atomic E-state index is 0.144. The summed E-state index contributed by atoms with van der Waals surface area (Å²) < 4.78 is 1.17. The Morgan fingerprint density at radius 2 is 2.13 bits per heavy atom. The lowest BCUT2D eigenvalue weighted by molar-refractivity contribution is -0.141. The molecule has 0 radical (unpaired) electrons. The standard InChI is InChI=1S/C10H13NO4/c1-3-8(10(14)15)11-6(2)4-7(12)5-9(11)13/h4-5,8,12H,3H2,1-2H3,(H,14,15). The van der Waals surface area contributed by atoms with E-state index < -0.39 is 17.6 Å². The van der Waals surface area contributed by atoms with Gasteiger partial charge in [0.15, 0.2) is 0 Å². The molecular formula is C10H13NO4. The van der Waals surface area contributed by atoms with Crippen molar-refractivity contribution in [2.75, 3.05) is 0 Å². The van der Waals surface area contributed by atoms with Crippen LogP contribution < -0.4 is 5.56 Å². The lowest BCUT2D eigenvalue weighted by atomic mass is 10.2. The highest BCUT2D eigenvalue weighted by molar-refractivity contribution is 5.71. The van der Waals surface area contributed by atoms with Crippen molar-refractivity contribution in [3.05, 3.63) is 28.2 Å². The zero-order valence-electron chi connectivity index (χ0n) is 8.60. The lowest BCUT2D eigenvalue weighted by Crippen LogP contribution is -2.30. The minimum Gasteiger partial charge on any atom is -0.508 e. The summed E-state index contributed by atoms with van der Waals surface area (Å²) in [6.07, 6.45) is 0.320. The zero-order chi connectivity index (χ0) is 11.6. The molecule has 1 atom stereocenters. The molecule has 0 aliphatic carbocycles. The Kier molecular flexibility index (Phi) is 3.14. The van der Waals surface area contributed by atoms with Crippen LogP contribution in [0.15, 0.2) is 16.9 Å². The second-order valence-corrected chi connectivity index (χ2v) is 3.33. The number of aryl methyl sites for hydroxylation is 1. The second kappa shape index (κ2) is 4.16. The predicted molar refractivity (Wildman–Crippen MR) is 54.1 cm³/mol. The summed E-state index contributed by atoms with van der Waals surface area (Å²) in [5.74, 6) is -1.19. The third-order valence-electron chi connectivity index (χ3n) is 2.23. The highest BCUT2D eigenvalue weighted by atomic mass is 16.4. The number of hydrogen-bond donors (Lipinski definition) is 2. The van der Waals surface area contributed by atoms with Gasteiger partial charge in [0, 0.05) is 11.8 Å². The van der Waals surface area contributed by atoms with Crippen LogP contribution in [0.1, 0.15) is 25.1 Å². The van der Waals surface area contributed by atoms with Crippen LogP contribution in [0.5, 0.6) is 5.75 Å². The maximum atomic E-state index is 11.5. The Labute approximate surface area is 86.6 Å². The van der Waals surface area contributed by atoms with E-state index in [1.54, 1.807) is 13.8 Å². The van der Waals surface area contributed by atoms with Crippen molar-refractivity contribution in [2.45, 2.75) is 26.3 Å². The molecule has 1 unspecified atom stereocenters. The minimum atomic E-state index is -1.05. The largest absolute Gasteiger partial charge is 0.508 e. The Morgan fingerprint density at radius 3 is 2.53 bits per heavy atom. The van der Waals surface area contributed by atoms with E-state index in [1.165, 1.54) is 10.6 Å². The van der Waals surface area contributed by atoms with Crippen LogP contribution in [-0.2, 0) is 4.79 Å². The molecule has 1 aromatic rings. The molecule has 82 valence electrons. The van der Waals surface area contributed by atoms with E-state index in [4.69, 9.17) is 10.2 Å². The molecule has 0 aliphatic heterocycles. The molecular weight excluding hydrogens is 198 g/mol. The van der Waals surface area contributed by atoms with E-state index in [0.29, 0.717) is 12.1 Å². The Balaban J connectivity index is 3.36. The van der Waals surface area contributed by atoms with E-state index >= 15 is 0 Å². The summed E-state index contributed by atoms with van der Waals surface area (Å²) in [6.45, 7) is 3.28. The zero-order valence-corrected chi connectivity index (χ0v) is 8.60. The van der Waals surface area contributed by atoms with Crippen LogP contribution in [0.25, 0.3) is 0 Å². The van der Waals surface area contributed by atoms with E-state index in [2.05, 4.69) is 0 Å². The van der Waals surface area contributed by atoms with Gasteiger partial charge in [-0.05, 0) is 19.4 Å². The third-order valence-corrected chi connectivity index (χ3v) is 2.23. The molecule has 0 fully saturated rings. The van der Waals surface area contributed by atoms with Crippen LogP contribution in [0.3, 0.4) is 0 Å². The number of carboxylic acids is 1. The summed E-state index contributed by atoms with van der Waals surface area (Å²) in [5, 5.41) is 18.1. The summed E-state index contributed by atoms with van der Waals surface area (Å²) in [4.78, 5) is 22.4. The van der Waals surface area contributed by atoms with E-state index in [-0.39, 0.29) is 5.75 Å². The first-order valence-electron chi connectivity index (χ1n) is 4.62. The van der Waals surface area contributed by atoms with Gasteiger partial charge < -0.3 is 10.2 Å². The topological polar surface area (TPSA) is 79.5 Å². The molecule has 2 N–H and O–H groups in total. The molecule has 0 spiro atoms. The van der Waals surface area contributed by atoms with Crippen molar-refractivity contribution < 1.29 is 15.0 Å². The first-order chi connectivity index (χ1) is 6.97. The number of rotatable bonds is 3. The number of carboxylic acid groups (broad SMARTS) is 1. The molecule has 15 heavy (non-hydrogen) atoms. The normalized spacial score (nSPS) is 12.4. The average Bonchev–Trinajstić information content (AvgIpc) is 2.09. The lowest BCUT2D eigenvalue weighted by Gasteiger charge is -2.16. The Bertz CT molecular complexity index is 436. The fourth-order valence-electron chi connectivity index (χ4n) is 1.56. The molecule has 5 heteroatoms. The number of nitrogens with zero attached hydrogens (tertiary/aromatic N) is 1. The average molecular weight is 211 g/mol. The monoisotopic (exact) mass is 211 g/mol. The van der Waals surface area contributed by atoms with E-state index in [1.807, 2.05) is 0 Å². The van der Waals surface area contributed by atoms with Crippen molar-refractivity contribution in [1.82, 2.24) is 4.57 Å². The summed E-state index contributed by atoms with van der Waals surface area (Å²) in [7, 11) is 0. The van der Waals surface area contributed by atoms with Gasteiger partial charge in [0.2, 0.25) is 0 Å². The quantitative estimate of drug-likeness (QED) is 0.778. The number of aromatic hydroxyl groups is 1. The fourth-order valence-corrected chi connectivity index (χ4v) is 1.56. The van der Waals surface area contributed by atoms with Gasteiger partial charge in [-0.25, -0.2) is 4.79 Å². The number of pyridine rings is 1. The highest BCUT2D eigenvalue weighted by Crippen LogP contribution is 2.15. The molecule has 1 aromatic heterocycles. The highest BCUT2D eigenvalue weighted by Gasteiger charge is 2.20. The molecule has 0 aromatic carbocycles. The smallest absolute Gasteiger partial charge is 0.326 e. The van der Waals surface area contributed by atoms with Gasteiger partial charge in [-0.1, -0.05) is 6.92 Å². The Hall–Kier alpha value is -1.78. The fraction of sp³-hybridized carbons (Fsp3) is 0.400. The SMILES string of the molecule is CCC(C(=O)O)n1c(C)cc(O)cc1=O. The number of aliphatic carboxylic acids is 1. The van der Waals surface area contributed by atoms with E-state index in [0.717, 1.165) is 6.07 Å². The maximum Gasteiger partial charge on any atom is 0.326 e. The van der Waals surface area contributed by atoms with Crippen molar-refractivity contribution in [3.8, 4) is 5.75 Å². The van der Waals surface area contributed by atoms with Gasteiger partial charge >= 0.3 is 5.97 Å². The van der Waals surface area contributed by atoms with Crippen LogP contribution >= 0.6 is 0 Å². The van der Waals surface area contributed by atoms with Crippen LogP contribution in [0.4, 0.5) is 0 Å². The van der Waals surface area contributed by atoms with Crippen molar-refractivity contribution in [3.63, 3.8) is 0 Å². The first kappa shape index (κ1) is 11.3. The molecule has 0 saturated carbocycles. The second-order valence-electron chi connectivity index (χ2n) is 3.33. The van der Waals surface area contributed by atoms with Crippen LogP contribution in [-0.4, -0.2) is 20.7 Å².